The highest BCUT2D eigenvalue weighted by atomic mass is 16.5. The summed E-state index contributed by atoms with van der Waals surface area (Å²) in [7, 11) is 6.26. The Bertz CT molecular complexity index is 982. The van der Waals surface area contributed by atoms with Crippen LogP contribution in [0.2, 0.25) is 0 Å². The number of hydrogen-bond donors (Lipinski definition) is 1. The Morgan fingerprint density at radius 1 is 1.03 bits per heavy atom. The van der Waals surface area contributed by atoms with Crippen LogP contribution in [0.5, 0.6) is 28.7 Å². The standard InChI is InChI=1S/C24H29NO6/c1-24(2)14-18(17-10-9-16(27-3)13-20(17)31-24)25-21(26)12-8-15-7-11-19(28-4)23(30-6)22(15)29-5/h7-13,18H,14H2,1-6H3,(H,25,26)/b12-8+/t18-/m1/s1. The van der Waals surface area contributed by atoms with Crippen molar-refractivity contribution in [1.82, 2.24) is 5.32 Å². The molecule has 7 nitrogen and oxygen atoms in total. The van der Waals surface area contributed by atoms with Gasteiger partial charge in [-0.3, -0.25) is 4.79 Å². The predicted molar refractivity (Wildman–Crippen MR) is 118 cm³/mol. The van der Waals surface area contributed by atoms with Crippen molar-refractivity contribution in [3.05, 3.63) is 47.5 Å². The Morgan fingerprint density at radius 2 is 1.77 bits per heavy atom. The lowest BCUT2D eigenvalue weighted by molar-refractivity contribution is -0.117. The minimum atomic E-state index is -0.423. The highest BCUT2D eigenvalue weighted by Gasteiger charge is 2.34. The van der Waals surface area contributed by atoms with Crippen LogP contribution in [0.25, 0.3) is 6.08 Å². The maximum absolute atomic E-state index is 12.7. The quantitative estimate of drug-likeness (QED) is 0.669. The van der Waals surface area contributed by atoms with Gasteiger partial charge in [0.05, 0.1) is 34.5 Å². The lowest BCUT2D eigenvalue weighted by atomic mass is 9.89. The minimum absolute atomic E-state index is 0.186. The van der Waals surface area contributed by atoms with Crippen molar-refractivity contribution in [2.45, 2.75) is 31.9 Å². The van der Waals surface area contributed by atoms with Crippen molar-refractivity contribution < 1.29 is 28.5 Å². The molecule has 1 atom stereocenters. The zero-order valence-corrected chi connectivity index (χ0v) is 18.8. The fourth-order valence-corrected chi connectivity index (χ4v) is 3.73. The molecule has 0 bridgehead atoms. The van der Waals surface area contributed by atoms with Crippen LogP contribution in [-0.4, -0.2) is 39.9 Å². The van der Waals surface area contributed by atoms with Crippen LogP contribution in [0.1, 0.15) is 37.4 Å². The lowest BCUT2D eigenvalue weighted by Crippen LogP contribution is -2.40. The molecule has 0 aliphatic carbocycles. The SMILES string of the molecule is COc1ccc2c(c1)OC(C)(C)C[C@H]2NC(=O)/C=C/c1ccc(OC)c(OC)c1OC. The van der Waals surface area contributed by atoms with E-state index in [2.05, 4.69) is 5.32 Å². The molecule has 0 saturated heterocycles. The third-order valence-corrected chi connectivity index (χ3v) is 5.14. The summed E-state index contributed by atoms with van der Waals surface area (Å²) in [6, 6.07) is 9.03. The molecule has 1 amide bonds. The van der Waals surface area contributed by atoms with E-state index in [9.17, 15) is 4.79 Å². The van der Waals surface area contributed by atoms with Gasteiger partial charge in [-0.25, -0.2) is 0 Å². The summed E-state index contributed by atoms with van der Waals surface area (Å²) >= 11 is 0. The number of ether oxygens (including phenoxy) is 5. The van der Waals surface area contributed by atoms with Crippen molar-refractivity contribution in [3.8, 4) is 28.7 Å². The van der Waals surface area contributed by atoms with Gasteiger partial charge >= 0.3 is 0 Å². The van der Waals surface area contributed by atoms with Crippen molar-refractivity contribution in [2.75, 3.05) is 28.4 Å². The molecule has 1 heterocycles. The maximum Gasteiger partial charge on any atom is 0.244 e. The first-order valence-corrected chi connectivity index (χ1v) is 9.96. The van der Waals surface area contributed by atoms with E-state index in [-0.39, 0.29) is 11.9 Å². The monoisotopic (exact) mass is 427 g/mol. The van der Waals surface area contributed by atoms with Gasteiger partial charge in [0.1, 0.15) is 17.1 Å². The molecule has 0 saturated carbocycles. The van der Waals surface area contributed by atoms with Crippen LogP contribution in [0, 0.1) is 0 Å². The van der Waals surface area contributed by atoms with Gasteiger partial charge in [-0.2, -0.15) is 0 Å². The normalized spacial score (nSPS) is 16.8. The molecular weight excluding hydrogens is 398 g/mol. The Morgan fingerprint density at radius 3 is 2.42 bits per heavy atom. The predicted octanol–water partition coefficient (Wildman–Crippen LogP) is 4.15. The molecule has 1 aliphatic heterocycles. The number of methoxy groups -OCH3 is 4. The molecule has 0 spiro atoms. The topological polar surface area (TPSA) is 75.3 Å². The summed E-state index contributed by atoms with van der Waals surface area (Å²) in [5, 5.41) is 3.08. The molecule has 0 fully saturated rings. The number of amides is 1. The summed E-state index contributed by atoms with van der Waals surface area (Å²) in [5.74, 6) is 2.73. The molecule has 166 valence electrons. The van der Waals surface area contributed by atoms with Crippen molar-refractivity contribution in [1.29, 1.82) is 0 Å². The Hall–Kier alpha value is -3.35. The number of nitrogens with one attached hydrogen (secondary N) is 1. The molecule has 3 rings (SSSR count). The number of hydrogen-bond acceptors (Lipinski definition) is 6. The summed E-state index contributed by atoms with van der Waals surface area (Å²) in [4.78, 5) is 12.7. The molecule has 0 unspecified atom stereocenters. The van der Waals surface area contributed by atoms with Gasteiger partial charge in [0.15, 0.2) is 11.5 Å². The Kier molecular flexibility index (Phi) is 6.63. The van der Waals surface area contributed by atoms with E-state index in [4.69, 9.17) is 23.7 Å². The van der Waals surface area contributed by atoms with Crippen LogP contribution >= 0.6 is 0 Å². The van der Waals surface area contributed by atoms with Crippen LogP contribution in [0.4, 0.5) is 0 Å². The van der Waals surface area contributed by atoms with Crippen LogP contribution in [-0.2, 0) is 4.79 Å². The number of carbonyl (C=O) groups excluding carboxylic acids is 1. The first-order valence-electron chi connectivity index (χ1n) is 9.96. The number of carbonyl (C=O) groups is 1. The molecule has 0 aromatic heterocycles. The van der Waals surface area contributed by atoms with E-state index in [1.165, 1.54) is 6.08 Å². The van der Waals surface area contributed by atoms with E-state index in [0.717, 1.165) is 5.56 Å². The van der Waals surface area contributed by atoms with Gasteiger partial charge in [-0.15, -0.1) is 0 Å². The van der Waals surface area contributed by atoms with Crippen molar-refractivity contribution >= 4 is 12.0 Å². The van der Waals surface area contributed by atoms with Gasteiger partial charge < -0.3 is 29.0 Å². The van der Waals surface area contributed by atoms with Crippen LogP contribution in [0.15, 0.2) is 36.4 Å². The zero-order chi connectivity index (χ0) is 22.6. The van der Waals surface area contributed by atoms with Gasteiger partial charge in [-0.1, -0.05) is 0 Å². The molecule has 2 aromatic carbocycles. The molecular formula is C24H29NO6. The van der Waals surface area contributed by atoms with Gasteiger partial charge in [0, 0.05) is 29.7 Å². The average molecular weight is 427 g/mol. The zero-order valence-electron chi connectivity index (χ0n) is 18.8. The second kappa shape index (κ2) is 9.20. The van der Waals surface area contributed by atoms with Crippen molar-refractivity contribution in [2.24, 2.45) is 0 Å². The summed E-state index contributed by atoms with van der Waals surface area (Å²) in [5.41, 5.74) is 1.20. The Balaban J connectivity index is 1.82. The molecule has 2 aromatic rings. The Labute approximate surface area is 182 Å². The van der Waals surface area contributed by atoms with E-state index >= 15 is 0 Å². The van der Waals surface area contributed by atoms with E-state index in [1.54, 1.807) is 40.6 Å². The minimum Gasteiger partial charge on any atom is -0.497 e. The lowest BCUT2D eigenvalue weighted by Gasteiger charge is -2.37. The van der Waals surface area contributed by atoms with Gasteiger partial charge in [-0.05, 0) is 44.2 Å². The molecule has 1 aliphatic rings. The third kappa shape index (κ3) is 4.87. The number of fused-ring (bicyclic) bond motifs is 1. The molecule has 0 radical (unpaired) electrons. The van der Waals surface area contributed by atoms with Gasteiger partial charge in [0.2, 0.25) is 11.7 Å². The maximum atomic E-state index is 12.7. The number of rotatable bonds is 7. The summed E-state index contributed by atoms with van der Waals surface area (Å²) in [6.07, 6.45) is 3.82. The second-order valence-corrected chi connectivity index (χ2v) is 7.79. The molecule has 7 heteroatoms. The number of benzene rings is 2. The fraction of sp³-hybridized carbons (Fsp3) is 0.375. The van der Waals surface area contributed by atoms with Crippen molar-refractivity contribution in [3.63, 3.8) is 0 Å². The first kappa shape index (κ1) is 22.3. The smallest absolute Gasteiger partial charge is 0.244 e. The highest BCUT2D eigenvalue weighted by Crippen LogP contribution is 2.42. The van der Waals surface area contributed by atoms with Crippen LogP contribution in [0.3, 0.4) is 0 Å². The summed E-state index contributed by atoms with van der Waals surface area (Å²) in [6.45, 7) is 4.00. The summed E-state index contributed by atoms with van der Waals surface area (Å²) < 4.78 is 27.6. The van der Waals surface area contributed by atoms with Gasteiger partial charge in [0.25, 0.3) is 0 Å². The molecule has 1 N–H and O–H groups in total. The molecule has 31 heavy (non-hydrogen) atoms. The highest BCUT2D eigenvalue weighted by molar-refractivity contribution is 5.92. The average Bonchev–Trinajstić information content (AvgIpc) is 2.75. The largest absolute Gasteiger partial charge is 0.497 e. The van der Waals surface area contributed by atoms with Crippen LogP contribution < -0.4 is 29.0 Å². The van der Waals surface area contributed by atoms with E-state index in [0.29, 0.717) is 40.7 Å². The van der Waals surface area contributed by atoms with E-state index < -0.39 is 5.60 Å². The third-order valence-electron chi connectivity index (χ3n) is 5.14. The first-order chi connectivity index (χ1) is 14.8. The van der Waals surface area contributed by atoms with E-state index in [1.807, 2.05) is 38.1 Å². The second-order valence-electron chi connectivity index (χ2n) is 7.79. The fourth-order valence-electron chi connectivity index (χ4n) is 3.73.